The lowest BCUT2D eigenvalue weighted by molar-refractivity contribution is -0.136. The first-order valence-corrected chi connectivity index (χ1v) is 5.51. The van der Waals surface area contributed by atoms with Crippen molar-refractivity contribution in [1.82, 2.24) is 4.90 Å². The molecule has 0 saturated carbocycles. The SMILES string of the molecule is C=CCC(CC=C)C(=O)N(C)CC(C)(C)O. The fourth-order valence-corrected chi connectivity index (χ4v) is 1.67. The molecule has 0 aromatic heterocycles. The van der Waals surface area contributed by atoms with Gasteiger partial charge in [-0.3, -0.25) is 4.79 Å². The number of likely N-dealkylation sites (N-methyl/N-ethyl adjacent to an activating group) is 1. The number of allylic oxidation sites excluding steroid dienone is 2. The smallest absolute Gasteiger partial charge is 0.226 e. The topological polar surface area (TPSA) is 40.5 Å². The predicted molar refractivity (Wildman–Crippen MR) is 67.1 cm³/mol. The molecule has 0 aliphatic rings. The zero-order chi connectivity index (χ0) is 12.8. The number of amides is 1. The molecular weight excluding hydrogens is 202 g/mol. The van der Waals surface area contributed by atoms with Crippen molar-refractivity contribution in [1.29, 1.82) is 0 Å². The normalized spacial score (nSPS) is 11.3. The van der Waals surface area contributed by atoms with Gasteiger partial charge in [-0.15, -0.1) is 13.2 Å². The van der Waals surface area contributed by atoms with Crippen molar-refractivity contribution in [3.63, 3.8) is 0 Å². The summed E-state index contributed by atoms with van der Waals surface area (Å²) in [5, 5.41) is 9.64. The molecule has 0 bridgehead atoms. The molecule has 1 amide bonds. The van der Waals surface area contributed by atoms with Gasteiger partial charge in [-0.1, -0.05) is 12.2 Å². The lowest BCUT2D eigenvalue weighted by Gasteiger charge is -2.28. The van der Waals surface area contributed by atoms with Crippen molar-refractivity contribution < 1.29 is 9.90 Å². The second-order valence-corrected chi connectivity index (χ2v) is 4.75. The fraction of sp³-hybridized carbons (Fsp3) is 0.615. The Hall–Kier alpha value is -1.09. The van der Waals surface area contributed by atoms with Crippen molar-refractivity contribution in [2.24, 2.45) is 5.92 Å². The Morgan fingerprint density at radius 2 is 1.81 bits per heavy atom. The summed E-state index contributed by atoms with van der Waals surface area (Å²) in [6.07, 6.45) is 4.76. The Bertz CT molecular complexity index is 243. The van der Waals surface area contributed by atoms with E-state index in [0.29, 0.717) is 19.4 Å². The Morgan fingerprint density at radius 1 is 1.38 bits per heavy atom. The molecule has 3 nitrogen and oxygen atoms in total. The third kappa shape index (κ3) is 5.71. The lowest BCUT2D eigenvalue weighted by Crippen LogP contribution is -2.42. The minimum Gasteiger partial charge on any atom is -0.389 e. The van der Waals surface area contributed by atoms with Crippen LogP contribution in [0.25, 0.3) is 0 Å². The van der Waals surface area contributed by atoms with E-state index in [-0.39, 0.29) is 11.8 Å². The van der Waals surface area contributed by atoms with Crippen LogP contribution in [0.3, 0.4) is 0 Å². The van der Waals surface area contributed by atoms with Gasteiger partial charge in [-0.05, 0) is 26.7 Å². The molecule has 0 aromatic carbocycles. The maximum atomic E-state index is 12.0. The van der Waals surface area contributed by atoms with Crippen LogP contribution in [0, 0.1) is 5.92 Å². The van der Waals surface area contributed by atoms with Gasteiger partial charge in [0, 0.05) is 19.5 Å². The van der Waals surface area contributed by atoms with Gasteiger partial charge in [0.25, 0.3) is 0 Å². The van der Waals surface area contributed by atoms with E-state index in [1.165, 1.54) is 0 Å². The molecule has 0 heterocycles. The van der Waals surface area contributed by atoms with E-state index in [2.05, 4.69) is 13.2 Å². The molecular formula is C13H23NO2. The molecule has 0 rings (SSSR count). The summed E-state index contributed by atoms with van der Waals surface area (Å²) in [5.74, 6) is -0.0794. The van der Waals surface area contributed by atoms with Gasteiger partial charge in [-0.2, -0.15) is 0 Å². The van der Waals surface area contributed by atoms with Gasteiger partial charge in [0.05, 0.1) is 5.60 Å². The second kappa shape index (κ2) is 6.48. The predicted octanol–water partition coefficient (Wildman–Crippen LogP) is 1.98. The van der Waals surface area contributed by atoms with E-state index in [1.807, 2.05) is 0 Å². The van der Waals surface area contributed by atoms with Gasteiger partial charge in [0.2, 0.25) is 5.91 Å². The zero-order valence-electron chi connectivity index (χ0n) is 10.6. The molecule has 0 unspecified atom stereocenters. The number of hydrogen-bond donors (Lipinski definition) is 1. The fourth-order valence-electron chi connectivity index (χ4n) is 1.67. The van der Waals surface area contributed by atoms with Crippen LogP contribution in [0.1, 0.15) is 26.7 Å². The number of carbonyl (C=O) groups is 1. The minimum absolute atomic E-state index is 0.0296. The highest BCUT2D eigenvalue weighted by Gasteiger charge is 2.24. The van der Waals surface area contributed by atoms with E-state index >= 15 is 0 Å². The molecule has 16 heavy (non-hydrogen) atoms. The molecule has 0 fully saturated rings. The first kappa shape index (κ1) is 14.9. The summed E-state index contributed by atoms with van der Waals surface area (Å²) in [5.41, 5.74) is -0.864. The first-order valence-electron chi connectivity index (χ1n) is 5.51. The van der Waals surface area contributed by atoms with Crippen molar-refractivity contribution in [3.05, 3.63) is 25.3 Å². The number of nitrogens with zero attached hydrogens (tertiary/aromatic N) is 1. The van der Waals surface area contributed by atoms with E-state index in [9.17, 15) is 9.90 Å². The summed E-state index contributed by atoms with van der Waals surface area (Å²) in [6, 6.07) is 0. The van der Waals surface area contributed by atoms with Gasteiger partial charge < -0.3 is 10.0 Å². The van der Waals surface area contributed by atoms with Crippen molar-refractivity contribution in [3.8, 4) is 0 Å². The molecule has 0 saturated heterocycles. The summed E-state index contributed by atoms with van der Waals surface area (Å²) in [6.45, 7) is 11.0. The van der Waals surface area contributed by atoms with Crippen molar-refractivity contribution >= 4 is 5.91 Å². The van der Waals surface area contributed by atoms with Crippen LogP contribution in [-0.2, 0) is 4.79 Å². The van der Waals surface area contributed by atoms with Crippen LogP contribution < -0.4 is 0 Å². The van der Waals surface area contributed by atoms with E-state index in [1.54, 1.807) is 37.9 Å². The Balaban J connectivity index is 4.47. The molecule has 0 spiro atoms. The van der Waals surface area contributed by atoms with Crippen LogP contribution in [0.5, 0.6) is 0 Å². The zero-order valence-corrected chi connectivity index (χ0v) is 10.6. The van der Waals surface area contributed by atoms with E-state index in [4.69, 9.17) is 0 Å². The first-order chi connectivity index (χ1) is 7.31. The van der Waals surface area contributed by atoms with Gasteiger partial charge in [-0.25, -0.2) is 0 Å². The summed E-state index contributed by atoms with van der Waals surface area (Å²) >= 11 is 0. The van der Waals surface area contributed by atoms with E-state index < -0.39 is 5.60 Å². The Morgan fingerprint density at radius 3 is 2.12 bits per heavy atom. The average Bonchev–Trinajstić information content (AvgIpc) is 2.13. The molecule has 92 valence electrons. The number of aliphatic hydroxyl groups is 1. The highest BCUT2D eigenvalue weighted by molar-refractivity contribution is 5.79. The Labute approximate surface area is 98.5 Å². The lowest BCUT2D eigenvalue weighted by atomic mass is 9.99. The van der Waals surface area contributed by atoms with Crippen LogP contribution in [0.4, 0.5) is 0 Å². The van der Waals surface area contributed by atoms with Crippen LogP contribution in [0.2, 0.25) is 0 Å². The largest absolute Gasteiger partial charge is 0.389 e. The number of rotatable bonds is 7. The van der Waals surface area contributed by atoms with Gasteiger partial charge >= 0.3 is 0 Å². The van der Waals surface area contributed by atoms with Crippen molar-refractivity contribution in [2.75, 3.05) is 13.6 Å². The molecule has 0 aliphatic carbocycles. The van der Waals surface area contributed by atoms with Gasteiger partial charge in [0.1, 0.15) is 0 Å². The Kier molecular flexibility index (Phi) is 6.04. The van der Waals surface area contributed by atoms with Crippen LogP contribution in [-0.4, -0.2) is 35.1 Å². The summed E-state index contributed by atoms with van der Waals surface area (Å²) in [4.78, 5) is 13.6. The van der Waals surface area contributed by atoms with Crippen molar-refractivity contribution in [2.45, 2.75) is 32.3 Å². The van der Waals surface area contributed by atoms with Crippen LogP contribution >= 0.6 is 0 Å². The standard InChI is InChI=1S/C13H23NO2/c1-6-8-11(9-7-2)12(15)14(5)10-13(3,4)16/h6-7,11,16H,1-2,8-10H2,3-5H3. The van der Waals surface area contributed by atoms with Crippen LogP contribution in [0.15, 0.2) is 25.3 Å². The maximum Gasteiger partial charge on any atom is 0.226 e. The molecule has 0 atom stereocenters. The van der Waals surface area contributed by atoms with E-state index in [0.717, 1.165) is 0 Å². The number of carbonyl (C=O) groups excluding carboxylic acids is 1. The second-order valence-electron chi connectivity index (χ2n) is 4.75. The molecule has 0 radical (unpaired) electrons. The third-order valence-electron chi connectivity index (χ3n) is 2.25. The summed E-state index contributed by atoms with van der Waals surface area (Å²) < 4.78 is 0. The molecule has 3 heteroatoms. The van der Waals surface area contributed by atoms with Gasteiger partial charge in [0.15, 0.2) is 0 Å². The number of hydrogen-bond acceptors (Lipinski definition) is 2. The monoisotopic (exact) mass is 225 g/mol. The highest BCUT2D eigenvalue weighted by Crippen LogP contribution is 2.15. The molecule has 0 aliphatic heterocycles. The minimum atomic E-state index is -0.864. The quantitative estimate of drug-likeness (QED) is 0.673. The summed E-state index contributed by atoms with van der Waals surface area (Å²) in [7, 11) is 1.71. The third-order valence-corrected chi connectivity index (χ3v) is 2.25. The maximum absolute atomic E-state index is 12.0. The molecule has 1 N–H and O–H groups in total. The highest BCUT2D eigenvalue weighted by atomic mass is 16.3. The molecule has 0 aromatic rings. The average molecular weight is 225 g/mol.